The number of nitrogens with zero attached hydrogens (tertiary/aromatic N) is 2. The molecule has 3 rings (SSSR count). The van der Waals surface area contributed by atoms with Gasteiger partial charge in [-0.1, -0.05) is 0 Å². The van der Waals surface area contributed by atoms with E-state index in [0.29, 0.717) is 0 Å². The topological polar surface area (TPSA) is 146 Å². The number of aliphatic carboxylic acids is 1. The number of nitrogens with one attached hydrogen (secondary N) is 1. The second kappa shape index (κ2) is 7.20. The summed E-state index contributed by atoms with van der Waals surface area (Å²) in [6, 6.07) is -0.890. The quantitative estimate of drug-likeness (QED) is 0.508. The van der Waals surface area contributed by atoms with Crippen molar-refractivity contribution < 1.29 is 24.6 Å². The lowest BCUT2D eigenvalue weighted by Crippen LogP contribution is -2.70. The molecule has 3 unspecified atom stereocenters. The number of nitrogen functional groups attached to an aromatic ring is 1. The van der Waals surface area contributed by atoms with E-state index in [-0.39, 0.29) is 34.2 Å². The number of thiazole rings is 1. The summed E-state index contributed by atoms with van der Waals surface area (Å²) in [5, 5.41) is 22.7. The second-order valence-electron chi connectivity index (χ2n) is 5.30. The number of β-lactam (4-membered cyclic amide) rings is 1. The maximum Gasteiger partial charge on any atom is 0.352 e. The number of amides is 2. The van der Waals surface area contributed by atoms with Crippen molar-refractivity contribution in [2.24, 2.45) is 0 Å². The summed E-state index contributed by atoms with van der Waals surface area (Å²) in [6.45, 7) is 1.81. The average molecular weight is 407 g/mol. The monoisotopic (exact) mass is 406 g/mol. The minimum atomic E-state index is -1.54. The molecule has 136 valence electrons. The molecule has 1 aromatic heterocycles. The largest absolute Gasteiger partial charge is 0.477 e. The summed E-state index contributed by atoms with van der Waals surface area (Å²) in [7, 11) is 0. The van der Waals surface area contributed by atoms with Gasteiger partial charge in [0, 0.05) is 10.6 Å². The summed E-state index contributed by atoms with van der Waals surface area (Å²) in [5.74, 6) is -2.49. The molecule has 4 atom stereocenters. The number of nitrogens with two attached hydrogens (primary N) is 1. The lowest BCUT2D eigenvalue weighted by Gasteiger charge is -2.49. The summed E-state index contributed by atoms with van der Waals surface area (Å²) >= 11 is 2.44. The van der Waals surface area contributed by atoms with Crippen molar-refractivity contribution in [3.63, 3.8) is 0 Å². The first kappa shape index (κ1) is 19.5. The summed E-state index contributed by atoms with van der Waals surface area (Å²) in [5.41, 5.74) is 5.48. The van der Waals surface area contributed by atoms with Gasteiger partial charge in [-0.15, -0.1) is 35.5 Å². The standard InChI is InChI=1S/C13H14N4O5S2.ClH/c1-4-2-6(12(21)22)17-10(20)7(11(17)24-4)16-9(19)8(18)5-3-23-13(14)15-5;/h2-4,7-8,11,18H,1H3,(H2,14,15)(H,16,19)(H,21,22);1H/t4?,7?,8?,11-;/m1./s1. The van der Waals surface area contributed by atoms with Gasteiger partial charge in [0.1, 0.15) is 17.1 Å². The number of carboxylic acid groups (broad SMARTS) is 1. The van der Waals surface area contributed by atoms with Gasteiger partial charge in [0.15, 0.2) is 11.2 Å². The molecule has 2 aliphatic rings. The number of carbonyl (C=O) groups is 3. The van der Waals surface area contributed by atoms with E-state index in [0.717, 1.165) is 16.2 Å². The molecule has 2 amide bonds. The van der Waals surface area contributed by atoms with Crippen LogP contribution in [0, 0.1) is 0 Å². The highest BCUT2D eigenvalue weighted by Gasteiger charge is 2.54. The van der Waals surface area contributed by atoms with Crippen molar-refractivity contribution in [1.29, 1.82) is 0 Å². The Hall–Kier alpha value is -1.82. The molecule has 1 fully saturated rings. The summed E-state index contributed by atoms with van der Waals surface area (Å²) < 4.78 is 0. The van der Waals surface area contributed by atoms with E-state index in [9.17, 15) is 24.6 Å². The zero-order valence-corrected chi connectivity index (χ0v) is 15.2. The van der Waals surface area contributed by atoms with E-state index >= 15 is 0 Å². The zero-order valence-electron chi connectivity index (χ0n) is 12.8. The first-order valence-electron chi connectivity index (χ1n) is 6.92. The van der Waals surface area contributed by atoms with Crippen LogP contribution >= 0.6 is 35.5 Å². The molecule has 0 bridgehead atoms. The van der Waals surface area contributed by atoms with Crippen LogP contribution < -0.4 is 11.1 Å². The molecule has 0 spiro atoms. The molecule has 12 heteroatoms. The number of carboxylic acids is 1. The van der Waals surface area contributed by atoms with Gasteiger partial charge in [0.05, 0.1) is 5.69 Å². The number of hydrogen-bond donors (Lipinski definition) is 4. The molecule has 0 radical (unpaired) electrons. The first-order chi connectivity index (χ1) is 11.3. The number of thioether (sulfide) groups is 1. The highest BCUT2D eigenvalue weighted by Crippen LogP contribution is 2.40. The molecule has 25 heavy (non-hydrogen) atoms. The minimum absolute atomic E-state index is 0. The van der Waals surface area contributed by atoms with Gasteiger partial charge in [0.2, 0.25) is 0 Å². The lowest BCUT2D eigenvalue weighted by atomic mass is 10.0. The Morgan fingerprint density at radius 1 is 1.48 bits per heavy atom. The van der Waals surface area contributed by atoms with Crippen molar-refractivity contribution in [3.05, 3.63) is 22.8 Å². The normalized spacial score (nSPS) is 25.8. The highest BCUT2D eigenvalue weighted by atomic mass is 35.5. The number of carbonyl (C=O) groups excluding carboxylic acids is 2. The Bertz CT molecular complexity index is 755. The van der Waals surface area contributed by atoms with Gasteiger partial charge in [-0.25, -0.2) is 9.78 Å². The van der Waals surface area contributed by atoms with Crippen molar-refractivity contribution in [1.82, 2.24) is 15.2 Å². The Labute approximate surface area is 156 Å². The number of aliphatic hydroxyl groups is 1. The number of aliphatic hydroxyl groups excluding tert-OH is 1. The van der Waals surface area contributed by atoms with E-state index in [1.165, 1.54) is 23.2 Å². The number of fused-ring (bicyclic) bond motifs is 1. The van der Waals surface area contributed by atoms with Gasteiger partial charge < -0.3 is 21.3 Å². The predicted octanol–water partition coefficient (Wildman–Crippen LogP) is -0.0626. The third kappa shape index (κ3) is 3.45. The Balaban J connectivity index is 0.00000225. The molecular weight excluding hydrogens is 392 g/mol. The third-order valence-corrected chi connectivity index (χ3v) is 5.65. The van der Waals surface area contributed by atoms with Gasteiger partial charge in [-0.05, 0) is 13.0 Å². The number of rotatable bonds is 4. The van der Waals surface area contributed by atoms with Crippen LogP contribution in [0.2, 0.25) is 0 Å². The number of aromatic nitrogens is 1. The maximum atomic E-state index is 12.2. The molecule has 3 heterocycles. The van der Waals surface area contributed by atoms with Crippen LogP contribution in [0.3, 0.4) is 0 Å². The molecular formula is C13H15ClN4O5S2. The van der Waals surface area contributed by atoms with Crippen molar-refractivity contribution in [3.8, 4) is 0 Å². The fourth-order valence-corrected chi connectivity index (χ4v) is 4.43. The van der Waals surface area contributed by atoms with Crippen LogP contribution in [-0.2, 0) is 14.4 Å². The van der Waals surface area contributed by atoms with Gasteiger partial charge in [-0.2, -0.15) is 0 Å². The van der Waals surface area contributed by atoms with Gasteiger partial charge in [-0.3, -0.25) is 14.5 Å². The van der Waals surface area contributed by atoms with Crippen molar-refractivity contribution >= 4 is 58.4 Å². The van der Waals surface area contributed by atoms with Crippen molar-refractivity contribution in [2.45, 2.75) is 29.7 Å². The molecule has 0 aromatic carbocycles. The average Bonchev–Trinajstić information content (AvgIpc) is 2.96. The minimum Gasteiger partial charge on any atom is -0.477 e. The summed E-state index contributed by atoms with van der Waals surface area (Å²) in [4.78, 5) is 40.5. The van der Waals surface area contributed by atoms with Crippen LogP contribution in [0.5, 0.6) is 0 Å². The van der Waals surface area contributed by atoms with Gasteiger partial charge >= 0.3 is 5.97 Å². The Morgan fingerprint density at radius 3 is 2.72 bits per heavy atom. The Kier molecular flexibility index (Phi) is 5.62. The van der Waals surface area contributed by atoms with Crippen molar-refractivity contribution in [2.75, 3.05) is 5.73 Å². The van der Waals surface area contributed by atoms with Crippen LogP contribution in [0.25, 0.3) is 0 Å². The fraction of sp³-hybridized carbons (Fsp3) is 0.385. The smallest absolute Gasteiger partial charge is 0.352 e. The Morgan fingerprint density at radius 2 is 2.16 bits per heavy atom. The van der Waals surface area contributed by atoms with E-state index < -0.39 is 35.3 Å². The van der Waals surface area contributed by atoms with E-state index in [1.807, 2.05) is 0 Å². The van der Waals surface area contributed by atoms with E-state index in [2.05, 4.69) is 10.3 Å². The molecule has 0 aliphatic carbocycles. The van der Waals surface area contributed by atoms with Crippen LogP contribution in [0.4, 0.5) is 5.13 Å². The van der Waals surface area contributed by atoms with E-state index in [4.69, 9.17) is 5.73 Å². The molecule has 5 N–H and O–H groups in total. The second-order valence-corrected chi connectivity index (χ2v) is 7.68. The zero-order chi connectivity index (χ0) is 17.6. The van der Waals surface area contributed by atoms with E-state index in [1.54, 1.807) is 6.92 Å². The number of halogens is 1. The maximum absolute atomic E-state index is 12.2. The highest BCUT2D eigenvalue weighted by molar-refractivity contribution is 8.00. The molecule has 2 aliphatic heterocycles. The number of anilines is 1. The molecule has 0 saturated carbocycles. The summed E-state index contributed by atoms with van der Waals surface area (Å²) in [6.07, 6.45) is -0.0484. The first-order valence-corrected chi connectivity index (χ1v) is 8.75. The molecule has 1 aromatic rings. The predicted molar refractivity (Wildman–Crippen MR) is 94.1 cm³/mol. The van der Waals surface area contributed by atoms with Crippen LogP contribution in [0.15, 0.2) is 17.2 Å². The molecule has 1 saturated heterocycles. The lowest BCUT2D eigenvalue weighted by molar-refractivity contribution is -0.151. The third-order valence-electron chi connectivity index (χ3n) is 3.63. The number of hydrogen-bond acceptors (Lipinski definition) is 8. The molecule has 9 nitrogen and oxygen atoms in total. The van der Waals surface area contributed by atoms with Gasteiger partial charge in [0.25, 0.3) is 11.8 Å². The van der Waals surface area contributed by atoms with Crippen LogP contribution in [-0.4, -0.2) is 54.5 Å². The SMILES string of the molecule is CC1C=C(C(=O)O)N2C(=O)C(NC(=O)C(O)c3csc(N)n3)[C@H]2S1.Cl. The van der Waals surface area contributed by atoms with Crippen LogP contribution in [0.1, 0.15) is 18.7 Å². The fourth-order valence-electron chi connectivity index (χ4n) is 2.52.